The number of hydrogen-bond acceptors (Lipinski definition) is 5. The molecule has 4 rings (SSSR count). The molecule has 1 amide bonds. The molecule has 1 saturated carbocycles. The minimum atomic E-state index is -0.806. The van der Waals surface area contributed by atoms with Crippen LogP contribution in [-0.4, -0.2) is 27.5 Å². The standard InChI is InChI=1S/C23H23F3N4O2/c1-12-4-21(28-9-19(12)26)30-22(31)18-8-23(18,15-5-16(24)7-17(25)6-15)11-32-20-10-27-14(3)29-13(20)2/h4-5,7,9-10,15,18H,6,8,11H2,1-3H3,(H,28,30,31)/t15?,18-,23+/m0/s1. The van der Waals surface area contributed by atoms with E-state index < -0.39 is 34.7 Å². The lowest BCUT2D eigenvalue weighted by molar-refractivity contribution is -0.118. The number of nitrogens with zero attached hydrogens (tertiary/aromatic N) is 3. The number of ether oxygens (including phenoxy) is 1. The summed E-state index contributed by atoms with van der Waals surface area (Å²) in [5.74, 6) is -1.92. The fourth-order valence-electron chi connectivity index (χ4n) is 4.19. The molecule has 2 heterocycles. The Kier molecular flexibility index (Phi) is 5.75. The Balaban J connectivity index is 1.55. The van der Waals surface area contributed by atoms with Crippen LogP contribution in [0.1, 0.15) is 29.9 Å². The summed E-state index contributed by atoms with van der Waals surface area (Å²) < 4.78 is 47.5. The fraction of sp³-hybridized carbons (Fsp3) is 0.391. The maximum Gasteiger partial charge on any atom is 0.229 e. The molecule has 0 aliphatic heterocycles. The summed E-state index contributed by atoms with van der Waals surface area (Å²) in [5.41, 5.74) is 0.177. The van der Waals surface area contributed by atoms with Gasteiger partial charge in [-0.2, -0.15) is 0 Å². The van der Waals surface area contributed by atoms with Gasteiger partial charge in [-0.3, -0.25) is 4.79 Å². The number of pyridine rings is 1. The second-order valence-electron chi connectivity index (χ2n) is 8.41. The number of halogens is 3. The maximum absolute atomic E-state index is 14.0. The molecule has 0 radical (unpaired) electrons. The van der Waals surface area contributed by atoms with Gasteiger partial charge in [-0.25, -0.2) is 28.1 Å². The van der Waals surface area contributed by atoms with Gasteiger partial charge in [0, 0.05) is 23.8 Å². The van der Waals surface area contributed by atoms with Crippen LogP contribution < -0.4 is 10.1 Å². The quantitative estimate of drug-likeness (QED) is 0.700. The van der Waals surface area contributed by atoms with Crippen LogP contribution in [0, 0.1) is 43.8 Å². The van der Waals surface area contributed by atoms with E-state index in [1.807, 2.05) is 0 Å². The van der Waals surface area contributed by atoms with E-state index in [2.05, 4.69) is 20.3 Å². The molecule has 2 aliphatic carbocycles. The molecular formula is C23H23F3N4O2. The van der Waals surface area contributed by atoms with E-state index in [1.54, 1.807) is 27.0 Å². The molecular weight excluding hydrogens is 421 g/mol. The van der Waals surface area contributed by atoms with E-state index in [9.17, 15) is 18.0 Å². The van der Waals surface area contributed by atoms with Crippen LogP contribution in [0.3, 0.4) is 0 Å². The second-order valence-corrected chi connectivity index (χ2v) is 8.41. The van der Waals surface area contributed by atoms with Gasteiger partial charge in [-0.05, 0) is 50.8 Å². The van der Waals surface area contributed by atoms with Crippen LogP contribution >= 0.6 is 0 Å². The van der Waals surface area contributed by atoms with E-state index in [0.717, 1.165) is 12.3 Å². The van der Waals surface area contributed by atoms with Gasteiger partial charge in [-0.15, -0.1) is 0 Å². The zero-order valence-electron chi connectivity index (χ0n) is 18.0. The van der Waals surface area contributed by atoms with Crippen LogP contribution in [0.15, 0.2) is 42.3 Å². The van der Waals surface area contributed by atoms with Crippen LogP contribution in [0.4, 0.5) is 19.0 Å². The predicted molar refractivity (Wildman–Crippen MR) is 112 cm³/mol. The Labute approximate surface area is 183 Å². The molecule has 0 aromatic carbocycles. The molecule has 0 saturated heterocycles. The second kappa shape index (κ2) is 8.37. The Bertz CT molecular complexity index is 1130. The lowest BCUT2D eigenvalue weighted by Gasteiger charge is -2.27. The summed E-state index contributed by atoms with van der Waals surface area (Å²) in [4.78, 5) is 25.2. The monoisotopic (exact) mass is 444 g/mol. The molecule has 1 unspecified atom stereocenters. The van der Waals surface area contributed by atoms with E-state index in [4.69, 9.17) is 4.74 Å². The summed E-state index contributed by atoms with van der Waals surface area (Å²) in [6, 6.07) is 1.43. The Morgan fingerprint density at radius 2 is 2.00 bits per heavy atom. The number of carbonyl (C=O) groups excluding carboxylic acids is 1. The predicted octanol–water partition coefficient (Wildman–Crippen LogP) is 4.69. The van der Waals surface area contributed by atoms with Crippen LogP contribution in [0.25, 0.3) is 0 Å². The number of hydrogen-bond donors (Lipinski definition) is 1. The maximum atomic E-state index is 14.0. The van der Waals surface area contributed by atoms with E-state index in [1.165, 1.54) is 12.1 Å². The first-order valence-corrected chi connectivity index (χ1v) is 10.3. The highest BCUT2D eigenvalue weighted by molar-refractivity contribution is 5.94. The third-order valence-electron chi connectivity index (χ3n) is 6.09. The van der Waals surface area contributed by atoms with E-state index in [0.29, 0.717) is 29.3 Å². The van der Waals surface area contributed by atoms with Gasteiger partial charge in [0.1, 0.15) is 29.1 Å². The number of anilines is 1. The average molecular weight is 444 g/mol. The van der Waals surface area contributed by atoms with Crippen molar-refractivity contribution >= 4 is 11.7 Å². The smallest absolute Gasteiger partial charge is 0.229 e. The van der Waals surface area contributed by atoms with Crippen molar-refractivity contribution in [2.75, 3.05) is 11.9 Å². The number of nitrogens with one attached hydrogen (secondary N) is 1. The van der Waals surface area contributed by atoms with E-state index >= 15 is 0 Å². The van der Waals surface area contributed by atoms with Gasteiger partial charge in [0.15, 0.2) is 5.75 Å². The molecule has 32 heavy (non-hydrogen) atoms. The van der Waals surface area contributed by atoms with Gasteiger partial charge in [0.05, 0.1) is 24.7 Å². The molecule has 9 heteroatoms. The third-order valence-corrected chi connectivity index (χ3v) is 6.09. The van der Waals surface area contributed by atoms with Crippen molar-refractivity contribution < 1.29 is 22.7 Å². The Morgan fingerprint density at radius 1 is 1.22 bits per heavy atom. The summed E-state index contributed by atoms with van der Waals surface area (Å²) in [6.07, 6.45) is 5.15. The van der Waals surface area contributed by atoms with Gasteiger partial charge in [-0.1, -0.05) is 0 Å². The topological polar surface area (TPSA) is 77.0 Å². The molecule has 1 fully saturated rings. The van der Waals surface area contributed by atoms with Gasteiger partial charge < -0.3 is 10.1 Å². The summed E-state index contributed by atoms with van der Waals surface area (Å²) >= 11 is 0. The molecule has 2 aromatic heterocycles. The minimum absolute atomic E-state index is 0.0160. The van der Waals surface area contributed by atoms with Crippen molar-refractivity contribution in [1.29, 1.82) is 0 Å². The lowest BCUT2D eigenvalue weighted by atomic mass is 9.82. The molecule has 0 bridgehead atoms. The molecule has 1 N–H and O–H groups in total. The van der Waals surface area contributed by atoms with Crippen molar-refractivity contribution in [3.05, 3.63) is 65.2 Å². The number of aryl methyl sites for hydroxylation is 3. The Morgan fingerprint density at radius 3 is 2.69 bits per heavy atom. The molecule has 2 aromatic rings. The highest BCUT2D eigenvalue weighted by Crippen LogP contribution is 2.61. The average Bonchev–Trinajstić information content (AvgIpc) is 3.46. The summed E-state index contributed by atoms with van der Waals surface area (Å²) in [6.45, 7) is 5.17. The fourth-order valence-corrected chi connectivity index (χ4v) is 4.19. The zero-order chi connectivity index (χ0) is 23.0. The van der Waals surface area contributed by atoms with Crippen LogP contribution in [-0.2, 0) is 4.79 Å². The summed E-state index contributed by atoms with van der Waals surface area (Å²) in [7, 11) is 0. The van der Waals surface area contributed by atoms with E-state index in [-0.39, 0.29) is 24.8 Å². The molecule has 168 valence electrons. The number of amides is 1. The van der Waals surface area contributed by atoms with Gasteiger partial charge >= 0.3 is 0 Å². The first-order valence-electron chi connectivity index (χ1n) is 10.3. The van der Waals surface area contributed by atoms with Crippen molar-refractivity contribution in [2.45, 2.75) is 33.6 Å². The largest absolute Gasteiger partial charge is 0.489 e. The lowest BCUT2D eigenvalue weighted by Crippen LogP contribution is -2.30. The van der Waals surface area contributed by atoms with Crippen molar-refractivity contribution in [3.63, 3.8) is 0 Å². The number of allylic oxidation sites excluding steroid dienone is 4. The molecule has 3 atom stereocenters. The van der Waals surface area contributed by atoms with Crippen molar-refractivity contribution in [2.24, 2.45) is 17.3 Å². The van der Waals surface area contributed by atoms with Gasteiger partial charge in [0.25, 0.3) is 0 Å². The first kappa shape index (κ1) is 22.0. The number of aromatic nitrogens is 3. The van der Waals surface area contributed by atoms with Crippen molar-refractivity contribution in [1.82, 2.24) is 15.0 Å². The highest BCUT2D eigenvalue weighted by atomic mass is 19.1. The normalized spacial score (nSPS) is 24.4. The minimum Gasteiger partial charge on any atom is -0.489 e. The number of rotatable bonds is 6. The van der Waals surface area contributed by atoms with Crippen molar-refractivity contribution in [3.8, 4) is 5.75 Å². The Hall–Kier alpha value is -3.23. The van der Waals surface area contributed by atoms with Crippen LogP contribution in [0.2, 0.25) is 0 Å². The first-order chi connectivity index (χ1) is 15.2. The molecule has 2 aliphatic rings. The van der Waals surface area contributed by atoms with Gasteiger partial charge in [0.2, 0.25) is 5.91 Å². The molecule has 6 nitrogen and oxygen atoms in total. The highest BCUT2D eigenvalue weighted by Gasteiger charge is 2.63. The third kappa shape index (κ3) is 4.37. The molecule has 0 spiro atoms. The zero-order valence-corrected chi connectivity index (χ0v) is 18.0. The van der Waals surface area contributed by atoms with Crippen LogP contribution in [0.5, 0.6) is 5.75 Å². The number of carbonyl (C=O) groups is 1. The summed E-state index contributed by atoms with van der Waals surface area (Å²) in [5, 5.41) is 2.69. The SMILES string of the molecule is Cc1ncc(OC[C@@]2(C3C=C(F)C=C(F)C3)C[C@H]2C(=O)Nc2cc(C)c(F)cn2)c(C)n1.